The molecule has 0 saturated heterocycles. The highest BCUT2D eigenvalue weighted by atomic mass is 16.5. The Bertz CT molecular complexity index is 86.2. The SMILES string of the molecule is CC(C)CC(CN)OCCO. The summed E-state index contributed by atoms with van der Waals surface area (Å²) in [5.74, 6) is 0.599. The molecule has 0 aliphatic carbocycles. The van der Waals surface area contributed by atoms with Gasteiger partial charge in [-0.1, -0.05) is 13.8 Å². The molecule has 0 bridgehead atoms. The normalized spacial score (nSPS) is 13.9. The van der Waals surface area contributed by atoms with Crippen LogP contribution in [0.2, 0.25) is 0 Å². The molecule has 68 valence electrons. The molecular formula is C8H19NO2. The van der Waals surface area contributed by atoms with Crippen LogP contribution in [0.3, 0.4) is 0 Å². The number of ether oxygens (including phenoxy) is 1. The number of aliphatic hydroxyl groups is 1. The fraction of sp³-hybridized carbons (Fsp3) is 1.00. The van der Waals surface area contributed by atoms with E-state index < -0.39 is 0 Å². The largest absolute Gasteiger partial charge is 0.394 e. The predicted molar refractivity (Wildman–Crippen MR) is 45.3 cm³/mol. The highest BCUT2D eigenvalue weighted by Gasteiger charge is 2.08. The summed E-state index contributed by atoms with van der Waals surface area (Å²) >= 11 is 0. The second-order valence-corrected chi connectivity index (χ2v) is 3.08. The van der Waals surface area contributed by atoms with Gasteiger partial charge in [-0.15, -0.1) is 0 Å². The monoisotopic (exact) mass is 161 g/mol. The molecule has 0 saturated carbocycles. The summed E-state index contributed by atoms with van der Waals surface area (Å²) in [4.78, 5) is 0. The predicted octanol–water partition coefficient (Wildman–Crippen LogP) is 0.369. The Kier molecular flexibility index (Phi) is 6.51. The van der Waals surface area contributed by atoms with Gasteiger partial charge in [-0.2, -0.15) is 0 Å². The van der Waals surface area contributed by atoms with Crippen LogP contribution >= 0.6 is 0 Å². The molecule has 1 atom stereocenters. The molecule has 0 heterocycles. The molecule has 0 rings (SSSR count). The summed E-state index contributed by atoms with van der Waals surface area (Å²) in [6.45, 7) is 5.28. The maximum atomic E-state index is 8.48. The van der Waals surface area contributed by atoms with Crippen molar-refractivity contribution in [3.05, 3.63) is 0 Å². The quantitative estimate of drug-likeness (QED) is 0.591. The zero-order valence-electron chi connectivity index (χ0n) is 7.42. The van der Waals surface area contributed by atoms with E-state index in [2.05, 4.69) is 13.8 Å². The average molecular weight is 161 g/mol. The summed E-state index contributed by atoms with van der Waals surface area (Å²) in [5, 5.41) is 8.48. The van der Waals surface area contributed by atoms with Gasteiger partial charge in [0.25, 0.3) is 0 Å². The van der Waals surface area contributed by atoms with E-state index in [-0.39, 0.29) is 12.7 Å². The minimum atomic E-state index is 0.0780. The van der Waals surface area contributed by atoms with Crippen molar-refractivity contribution in [1.29, 1.82) is 0 Å². The number of hydrogen-bond donors (Lipinski definition) is 2. The van der Waals surface area contributed by atoms with Crippen molar-refractivity contribution in [3.63, 3.8) is 0 Å². The van der Waals surface area contributed by atoms with E-state index in [9.17, 15) is 0 Å². The number of rotatable bonds is 6. The maximum Gasteiger partial charge on any atom is 0.0702 e. The lowest BCUT2D eigenvalue weighted by molar-refractivity contribution is 0.0227. The zero-order valence-corrected chi connectivity index (χ0v) is 7.42. The van der Waals surface area contributed by atoms with Crippen LogP contribution in [0.5, 0.6) is 0 Å². The second-order valence-electron chi connectivity index (χ2n) is 3.08. The lowest BCUT2D eigenvalue weighted by Gasteiger charge is -2.16. The third-order valence-electron chi connectivity index (χ3n) is 1.44. The van der Waals surface area contributed by atoms with E-state index in [1.165, 1.54) is 0 Å². The van der Waals surface area contributed by atoms with E-state index in [0.717, 1.165) is 6.42 Å². The molecule has 0 amide bonds. The first kappa shape index (κ1) is 10.9. The molecule has 3 nitrogen and oxygen atoms in total. The third kappa shape index (κ3) is 6.28. The lowest BCUT2D eigenvalue weighted by Crippen LogP contribution is -2.26. The molecule has 0 aliphatic heterocycles. The average Bonchev–Trinajstić information content (AvgIpc) is 1.97. The molecule has 11 heavy (non-hydrogen) atoms. The van der Waals surface area contributed by atoms with Crippen molar-refractivity contribution in [3.8, 4) is 0 Å². The standard InChI is InChI=1S/C8H19NO2/c1-7(2)5-8(6-9)11-4-3-10/h7-8,10H,3-6,9H2,1-2H3. The Balaban J connectivity index is 3.41. The molecule has 0 fully saturated rings. The van der Waals surface area contributed by atoms with Crippen molar-refractivity contribution >= 4 is 0 Å². The lowest BCUT2D eigenvalue weighted by atomic mass is 10.1. The molecule has 0 aliphatic rings. The topological polar surface area (TPSA) is 55.5 Å². The van der Waals surface area contributed by atoms with Gasteiger partial charge >= 0.3 is 0 Å². The minimum Gasteiger partial charge on any atom is -0.394 e. The molecule has 0 aromatic heterocycles. The van der Waals surface area contributed by atoms with Gasteiger partial charge in [0.2, 0.25) is 0 Å². The smallest absolute Gasteiger partial charge is 0.0702 e. The maximum absolute atomic E-state index is 8.48. The van der Waals surface area contributed by atoms with Gasteiger partial charge in [-0.3, -0.25) is 0 Å². The van der Waals surface area contributed by atoms with Crippen molar-refractivity contribution in [2.75, 3.05) is 19.8 Å². The van der Waals surface area contributed by atoms with Crippen LogP contribution in [0.15, 0.2) is 0 Å². The molecule has 0 spiro atoms. The summed E-state index contributed by atoms with van der Waals surface area (Å²) < 4.78 is 5.28. The van der Waals surface area contributed by atoms with E-state index in [1.54, 1.807) is 0 Å². The Morgan fingerprint density at radius 2 is 2.09 bits per heavy atom. The highest BCUT2D eigenvalue weighted by Crippen LogP contribution is 2.06. The van der Waals surface area contributed by atoms with Gasteiger partial charge in [-0.05, 0) is 12.3 Å². The van der Waals surface area contributed by atoms with Crippen LogP contribution in [0.1, 0.15) is 20.3 Å². The van der Waals surface area contributed by atoms with E-state index in [1.807, 2.05) is 0 Å². The molecule has 0 radical (unpaired) electrons. The molecule has 3 N–H and O–H groups in total. The van der Waals surface area contributed by atoms with Gasteiger partial charge < -0.3 is 15.6 Å². The molecule has 0 aromatic carbocycles. The second kappa shape index (κ2) is 6.58. The van der Waals surface area contributed by atoms with E-state index in [4.69, 9.17) is 15.6 Å². The summed E-state index contributed by atoms with van der Waals surface area (Å²) in [6, 6.07) is 0. The van der Waals surface area contributed by atoms with Gasteiger partial charge in [0.05, 0.1) is 19.3 Å². The van der Waals surface area contributed by atoms with Crippen LogP contribution in [0, 0.1) is 5.92 Å². The summed E-state index contributed by atoms with van der Waals surface area (Å²) in [5.41, 5.74) is 5.46. The first-order valence-electron chi connectivity index (χ1n) is 4.13. The van der Waals surface area contributed by atoms with Crippen LogP contribution in [0.25, 0.3) is 0 Å². The Morgan fingerprint density at radius 3 is 2.45 bits per heavy atom. The Labute approximate surface area is 68.5 Å². The molecule has 1 unspecified atom stereocenters. The molecule has 0 aromatic rings. The third-order valence-corrected chi connectivity index (χ3v) is 1.44. The number of nitrogens with two attached hydrogens (primary N) is 1. The van der Waals surface area contributed by atoms with Crippen LogP contribution in [-0.2, 0) is 4.74 Å². The van der Waals surface area contributed by atoms with Gasteiger partial charge in [0, 0.05) is 6.54 Å². The van der Waals surface area contributed by atoms with Crippen LogP contribution in [-0.4, -0.2) is 31.0 Å². The zero-order chi connectivity index (χ0) is 8.69. The van der Waals surface area contributed by atoms with Crippen molar-refractivity contribution in [2.24, 2.45) is 11.7 Å². The van der Waals surface area contributed by atoms with Crippen LogP contribution < -0.4 is 5.73 Å². The first-order valence-corrected chi connectivity index (χ1v) is 4.13. The molecular weight excluding hydrogens is 142 g/mol. The van der Waals surface area contributed by atoms with Crippen molar-refractivity contribution in [1.82, 2.24) is 0 Å². The Hall–Kier alpha value is -0.120. The molecule has 3 heteroatoms. The van der Waals surface area contributed by atoms with Crippen LogP contribution in [0.4, 0.5) is 0 Å². The van der Waals surface area contributed by atoms with Crippen molar-refractivity contribution < 1.29 is 9.84 Å². The summed E-state index contributed by atoms with van der Waals surface area (Å²) in [6.07, 6.45) is 1.08. The fourth-order valence-corrected chi connectivity index (χ4v) is 0.977. The van der Waals surface area contributed by atoms with Gasteiger partial charge in [0.15, 0.2) is 0 Å². The Morgan fingerprint density at radius 1 is 1.45 bits per heavy atom. The highest BCUT2D eigenvalue weighted by molar-refractivity contribution is 4.60. The first-order chi connectivity index (χ1) is 5.20. The van der Waals surface area contributed by atoms with Crippen molar-refractivity contribution in [2.45, 2.75) is 26.4 Å². The van der Waals surface area contributed by atoms with E-state index >= 15 is 0 Å². The number of hydrogen-bond acceptors (Lipinski definition) is 3. The fourth-order valence-electron chi connectivity index (χ4n) is 0.977. The van der Waals surface area contributed by atoms with Gasteiger partial charge in [0.1, 0.15) is 0 Å². The van der Waals surface area contributed by atoms with Gasteiger partial charge in [-0.25, -0.2) is 0 Å². The summed E-state index contributed by atoms with van der Waals surface area (Å²) in [7, 11) is 0. The van der Waals surface area contributed by atoms with E-state index in [0.29, 0.717) is 19.1 Å². The number of aliphatic hydroxyl groups excluding tert-OH is 1. The minimum absolute atomic E-state index is 0.0780.